The molecule has 0 saturated carbocycles. The first-order valence-corrected chi connectivity index (χ1v) is 6.41. The number of thiazole rings is 1. The molecule has 0 aliphatic carbocycles. The van der Waals surface area contributed by atoms with Crippen LogP contribution in [0.3, 0.4) is 0 Å². The molecular formula is C11H18ClN3OS. The van der Waals surface area contributed by atoms with E-state index in [0.717, 1.165) is 30.7 Å². The number of halogens is 1. The number of carbonyl (C=O) groups excluding carboxylic acids is 1. The van der Waals surface area contributed by atoms with Crippen LogP contribution in [0.4, 0.5) is 5.13 Å². The smallest absolute Gasteiger partial charge is 0.246 e. The summed E-state index contributed by atoms with van der Waals surface area (Å²) < 4.78 is 0. The van der Waals surface area contributed by atoms with Crippen molar-refractivity contribution in [1.29, 1.82) is 0 Å². The van der Waals surface area contributed by atoms with Crippen LogP contribution in [-0.4, -0.2) is 23.0 Å². The molecule has 1 aromatic heterocycles. The summed E-state index contributed by atoms with van der Waals surface area (Å²) in [6.45, 7) is 4.86. The summed E-state index contributed by atoms with van der Waals surface area (Å²) in [5, 5.41) is 6.86. The lowest BCUT2D eigenvalue weighted by atomic mass is 9.90. The highest BCUT2D eigenvalue weighted by Gasteiger charge is 2.34. The Morgan fingerprint density at radius 2 is 2.35 bits per heavy atom. The van der Waals surface area contributed by atoms with Gasteiger partial charge in [-0.05, 0) is 39.7 Å². The quantitative estimate of drug-likeness (QED) is 0.871. The van der Waals surface area contributed by atoms with Gasteiger partial charge in [-0.25, -0.2) is 4.98 Å². The largest absolute Gasteiger partial charge is 0.304 e. The molecule has 0 bridgehead atoms. The normalized spacial score (nSPS) is 23.9. The van der Waals surface area contributed by atoms with Gasteiger partial charge in [0.2, 0.25) is 5.91 Å². The van der Waals surface area contributed by atoms with Gasteiger partial charge in [0.1, 0.15) is 0 Å². The minimum absolute atomic E-state index is 0. The monoisotopic (exact) mass is 275 g/mol. The van der Waals surface area contributed by atoms with Gasteiger partial charge in [0.25, 0.3) is 0 Å². The first-order valence-electron chi connectivity index (χ1n) is 5.59. The molecule has 0 aromatic carbocycles. The lowest BCUT2D eigenvalue weighted by Gasteiger charge is -2.33. The Morgan fingerprint density at radius 3 is 2.88 bits per heavy atom. The zero-order valence-corrected chi connectivity index (χ0v) is 11.7. The van der Waals surface area contributed by atoms with Gasteiger partial charge in [0.05, 0.1) is 5.54 Å². The molecule has 1 unspecified atom stereocenters. The second kappa shape index (κ2) is 5.80. The molecule has 0 radical (unpaired) electrons. The summed E-state index contributed by atoms with van der Waals surface area (Å²) in [5.41, 5.74) is -0.433. The van der Waals surface area contributed by atoms with E-state index in [-0.39, 0.29) is 18.3 Å². The number of amides is 1. The van der Waals surface area contributed by atoms with E-state index in [1.165, 1.54) is 11.3 Å². The van der Waals surface area contributed by atoms with Crippen LogP contribution in [0.1, 0.15) is 31.1 Å². The van der Waals surface area contributed by atoms with E-state index in [1.807, 2.05) is 13.8 Å². The van der Waals surface area contributed by atoms with Crippen molar-refractivity contribution in [2.45, 2.75) is 38.6 Å². The Balaban J connectivity index is 0.00000144. The van der Waals surface area contributed by atoms with Gasteiger partial charge in [-0.1, -0.05) is 0 Å². The maximum Gasteiger partial charge on any atom is 0.246 e. The fraction of sp³-hybridized carbons (Fsp3) is 0.636. The van der Waals surface area contributed by atoms with E-state index in [9.17, 15) is 4.79 Å². The van der Waals surface area contributed by atoms with Gasteiger partial charge >= 0.3 is 0 Å². The lowest BCUT2D eigenvalue weighted by molar-refractivity contribution is -0.122. The van der Waals surface area contributed by atoms with E-state index in [0.29, 0.717) is 5.13 Å². The Morgan fingerprint density at radius 1 is 1.59 bits per heavy atom. The fourth-order valence-electron chi connectivity index (χ4n) is 1.90. The molecule has 6 heteroatoms. The lowest BCUT2D eigenvalue weighted by Crippen LogP contribution is -2.54. The van der Waals surface area contributed by atoms with Gasteiger partial charge in [0, 0.05) is 11.1 Å². The van der Waals surface area contributed by atoms with Crippen LogP contribution in [0.15, 0.2) is 6.20 Å². The number of nitrogens with zero attached hydrogens (tertiary/aromatic N) is 1. The van der Waals surface area contributed by atoms with E-state index in [2.05, 4.69) is 15.6 Å². The van der Waals surface area contributed by atoms with Crippen molar-refractivity contribution in [2.24, 2.45) is 0 Å². The third-order valence-electron chi connectivity index (χ3n) is 2.96. The van der Waals surface area contributed by atoms with Crippen molar-refractivity contribution >= 4 is 34.8 Å². The Kier molecular flexibility index (Phi) is 4.91. The van der Waals surface area contributed by atoms with Crippen molar-refractivity contribution in [3.63, 3.8) is 0 Å². The zero-order chi connectivity index (χ0) is 11.6. The Labute approximate surface area is 112 Å². The summed E-state index contributed by atoms with van der Waals surface area (Å²) in [5.74, 6) is 0.0292. The molecule has 17 heavy (non-hydrogen) atoms. The van der Waals surface area contributed by atoms with Crippen molar-refractivity contribution in [1.82, 2.24) is 10.3 Å². The average Bonchev–Trinajstić information content (AvgIpc) is 2.65. The van der Waals surface area contributed by atoms with Crippen molar-refractivity contribution < 1.29 is 4.79 Å². The number of anilines is 1. The van der Waals surface area contributed by atoms with E-state index < -0.39 is 5.54 Å². The maximum absolute atomic E-state index is 12.1. The Bertz CT molecular complexity index is 388. The number of aryl methyl sites for hydroxylation is 1. The summed E-state index contributed by atoms with van der Waals surface area (Å²) in [6.07, 6.45) is 4.92. The second-order valence-electron chi connectivity index (χ2n) is 4.45. The molecule has 1 amide bonds. The number of piperidine rings is 1. The summed E-state index contributed by atoms with van der Waals surface area (Å²) in [6, 6.07) is 0. The van der Waals surface area contributed by atoms with Gasteiger partial charge in [0.15, 0.2) is 5.13 Å². The maximum atomic E-state index is 12.1. The van der Waals surface area contributed by atoms with Crippen molar-refractivity contribution in [2.75, 3.05) is 11.9 Å². The van der Waals surface area contributed by atoms with Crippen molar-refractivity contribution in [3.05, 3.63) is 11.1 Å². The average molecular weight is 276 g/mol. The van der Waals surface area contributed by atoms with Crippen LogP contribution >= 0.6 is 23.7 Å². The highest BCUT2D eigenvalue weighted by atomic mass is 35.5. The summed E-state index contributed by atoms with van der Waals surface area (Å²) in [7, 11) is 0. The van der Waals surface area contributed by atoms with E-state index in [4.69, 9.17) is 0 Å². The summed E-state index contributed by atoms with van der Waals surface area (Å²) in [4.78, 5) is 17.3. The Hall–Kier alpha value is -0.650. The molecule has 96 valence electrons. The molecule has 1 atom stereocenters. The molecule has 1 aromatic rings. The first kappa shape index (κ1) is 14.4. The minimum Gasteiger partial charge on any atom is -0.304 e. The van der Waals surface area contributed by atoms with Crippen LogP contribution in [0.25, 0.3) is 0 Å². The topological polar surface area (TPSA) is 54.0 Å². The minimum atomic E-state index is -0.433. The third-order valence-corrected chi connectivity index (χ3v) is 3.79. The summed E-state index contributed by atoms with van der Waals surface area (Å²) >= 11 is 1.51. The van der Waals surface area contributed by atoms with Crippen LogP contribution in [0.5, 0.6) is 0 Å². The molecule has 2 heterocycles. The first-order chi connectivity index (χ1) is 7.60. The molecular weight excluding hydrogens is 258 g/mol. The highest BCUT2D eigenvalue weighted by molar-refractivity contribution is 7.15. The highest BCUT2D eigenvalue weighted by Crippen LogP contribution is 2.22. The molecule has 1 fully saturated rings. The number of carbonyl (C=O) groups is 1. The van der Waals surface area contributed by atoms with Gasteiger partial charge in [-0.3, -0.25) is 4.79 Å². The van der Waals surface area contributed by atoms with Crippen LogP contribution in [-0.2, 0) is 4.79 Å². The van der Waals surface area contributed by atoms with Gasteiger partial charge in [-0.2, -0.15) is 0 Å². The molecule has 1 aliphatic heterocycles. The van der Waals surface area contributed by atoms with Gasteiger partial charge < -0.3 is 10.6 Å². The van der Waals surface area contributed by atoms with Crippen LogP contribution in [0, 0.1) is 6.92 Å². The zero-order valence-electron chi connectivity index (χ0n) is 10.1. The van der Waals surface area contributed by atoms with E-state index >= 15 is 0 Å². The predicted octanol–water partition coefficient (Wildman–Crippen LogP) is 2.34. The van der Waals surface area contributed by atoms with Crippen molar-refractivity contribution in [3.8, 4) is 0 Å². The molecule has 2 N–H and O–H groups in total. The standard InChI is InChI=1S/C11H17N3OS.ClH/c1-8-7-12-10(16-8)14-9(15)11(2)5-3-4-6-13-11;/h7,13H,3-6H2,1-2H3,(H,12,14,15);1H. The number of rotatable bonds is 2. The van der Waals surface area contributed by atoms with Crippen LogP contribution < -0.4 is 10.6 Å². The van der Waals surface area contributed by atoms with E-state index in [1.54, 1.807) is 6.20 Å². The SMILES string of the molecule is Cc1cnc(NC(=O)C2(C)CCCCN2)s1.Cl. The third kappa shape index (κ3) is 3.40. The predicted molar refractivity (Wildman–Crippen MR) is 73.0 cm³/mol. The number of hydrogen-bond donors (Lipinski definition) is 2. The van der Waals surface area contributed by atoms with Gasteiger partial charge in [-0.15, -0.1) is 23.7 Å². The molecule has 1 saturated heterocycles. The number of aromatic nitrogens is 1. The fourth-order valence-corrected chi connectivity index (χ4v) is 2.56. The molecule has 2 rings (SSSR count). The van der Waals surface area contributed by atoms with Crippen LogP contribution in [0.2, 0.25) is 0 Å². The number of hydrogen-bond acceptors (Lipinski definition) is 4. The second-order valence-corrected chi connectivity index (χ2v) is 5.68. The molecule has 1 aliphatic rings. The molecule has 0 spiro atoms. The molecule has 4 nitrogen and oxygen atoms in total. The number of nitrogens with one attached hydrogen (secondary N) is 2.